The van der Waals surface area contributed by atoms with Crippen LogP contribution < -0.4 is 9.62 Å². The standard InChI is InChI=1S/C30H35Cl2N3O4S/c1-5-6-17-33-30(37)23(4)34(19-25-26(31)13-10-14-27(25)32)29(36)20-35(28-16-15-21(2)18-22(28)3)40(38,39)24-11-8-7-9-12-24/h7-16,18,23H,5-6,17,19-20H2,1-4H3,(H,33,37)/t23-/m1/s1. The van der Waals surface area contributed by atoms with Gasteiger partial charge in [0.15, 0.2) is 0 Å². The number of hydrogen-bond acceptors (Lipinski definition) is 4. The predicted octanol–water partition coefficient (Wildman–Crippen LogP) is 6.14. The second-order valence-corrected chi connectivity index (χ2v) is 12.3. The van der Waals surface area contributed by atoms with Gasteiger partial charge in [0.05, 0.1) is 10.6 Å². The second kappa shape index (κ2) is 14.0. The van der Waals surface area contributed by atoms with E-state index in [1.165, 1.54) is 17.0 Å². The third-order valence-electron chi connectivity index (χ3n) is 6.62. The maximum atomic E-state index is 14.0. The molecule has 7 nitrogen and oxygen atoms in total. The second-order valence-electron chi connectivity index (χ2n) is 9.66. The fourth-order valence-electron chi connectivity index (χ4n) is 4.29. The van der Waals surface area contributed by atoms with Crippen molar-refractivity contribution >= 4 is 50.7 Å². The van der Waals surface area contributed by atoms with Crippen molar-refractivity contribution in [1.29, 1.82) is 0 Å². The fourth-order valence-corrected chi connectivity index (χ4v) is 6.31. The Kier molecular flexibility index (Phi) is 11.0. The summed E-state index contributed by atoms with van der Waals surface area (Å²) >= 11 is 12.9. The lowest BCUT2D eigenvalue weighted by Crippen LogP contribution is -2.51. The first-order valence-electron chi connectivity index (χ1n) is 13.1. The van der Waals surface area contributed by atoms with Crippen LogP contribution in [0.1, 0.15) is 43.4 Å². The van der Waals surface area contributed by atoms with E-state index in [1.54, 1.807) is 62.4 Å². The maximum Gasteiger partial charge on any atom is 0.264 e. The van der Waals surface area contributed by atoms with Gasteiger partial charge in [0.2, 0.25) is 11.8 Å². The monoisotopic (exact) mass is 603 g/mol. The highest BCUT2D eigenvalue weighted by atomic mass is 35.5. The highest BCUT2D eigenvalue weighted by molar-refractivity contribution is 7.92. The van der Waals surface area contributed by atoms with E-state index in [-0.39, 0.29) is 17.3 Å². The Hall–Kier alpha value is -3.07. The molecule has 0 spiro atoms. The summed E-state index contributed by atoms with van der Waals surface area (Å²) in [6, 6.07) is 17.4. The van der Waals surface area contributed by atoms with E-state index in [1.807, 2.05) is 19.9 Å². The third kappa shape index (κ3) is 7.56. The summed E-state index contributed by atoms with van der Waals surface area (Å²) in [6.45, 7) is 7.18. The molecule has 214 valence electrons. The SMILES string of the molecule is CCCCNC(=O)[C@@H](C)N(Cc1c(Cl)cccc1Cl)C(=O)CN(c1ccc(C)cc1C)S(=O)(=O)c1ccccc1. The molecule has 0 unspecified atom stereocenters. The predicted molar refractivity (Wildman–Crippen MR) is 161 cm³/mol. The molecule has 10 heteroatoms. The van der Waals surface area contributed by atoms with E-state index < -0.39 is 28.5 Å². The number of sulfonamides is 1. The van der Waals surface area contributed by atoms with E-state index in [2.05, 4.69) is 5.32 Å². The summed E-state index contributed by atoms with van der Waals surface area (Å²) in [7, 11) is -4.14. The fraction of sp³-hybridized carbons (Fsp3) is 0.333. The van der Waals surface area contributed by atoms with Gasteiger partial charge >= 0.3 is 0 Å². The molecular formula is C30H35Cl2N3O4S. The minimum Gasteiger partial charge on any atom is -0.354 e. The number of amides is 2. The van der Waals surface area contributed by atoms with Gasteiger partial charge in [-0.25, -0.2) is 8.42 Å². The lowest BCUT2D eigenvalue weighted by Gasteiger charge is -2.32. The number of nitrogens with one attached hydrogen (secondary N) is 1. The molecule has 3 aromatic carbocycles. The number of carbonyl (C=O) groups is 2. The van der Waals surface area contributed by atoms with Gasteiger partial charge in [-0.1, -0.05) is 78.5 Å². The molecule has 1 atom stereocenters. The molecule has 0 radical (unpaired) electrons. The lowest BCUT2D eigenvalue weighted by atomic mass is 10.1. The van der Waals surface area contributed by atoms with Gasteiger partial charge in [-0.15, -0.1) is 0 Å². The number of aryl methyl sites for hydroxylation is 2. The number of halogens is 2. The molecule has 0 saturated carbocycles. The Balaban J connectivity index is 2.06. The van der Waals surface area contributed by atoms with Crippen LogP contribution in [0, 0.1) is 13.8 Å². The van der Waals surface area contributed by atoms with Crippen LogP contribution in [0.5, 0.6) is 0 Å². The summed E-state index contributed by atoms with van der Waals surface area (Å²) in [5.74, 6) is -0.928. The molecule has 0 saturated heterocycles. The summed E-state index contributed by atoms with van der Waals surface area (Å²) in [5, 5.41) is 3.54. The minimum absolute atomic E-state index is 0.0498. The van der Waals surface area contributed by atoms with Crippen molar-refractivity contribution in [3.05, 3.63) is 93.5 Å². The molecule has 3 rings (SSSR count). The van der Waals surface area contributed by atoms with Crippen molar-refractivity contribution < 1.29 is 18.0 Å². The van der Waals surface area contributed by atoms with Gasteiger partial charge in [0, 0.05) is 28.7 Å². The molecule has 40 heavy (non-hydrogen) atoms. The number of anilines is 1. The maximum absolute atomic E-state index is 14.0. The van der Waals surface area contributed by atoms with Crippen LogP contribution in [0.25, 0.3) is 0 Å². The van der Waals surface area contributed by atoms with Crippen LogP contribution in [0.2, 0.25) is 10.0 Å². The minimum atomic E-state index is -4.14. The van der Waals surface area contributed by atoms with Gasteiger partial charge in [0.1, 0.15) is 12.6 Å². The number of benzene rings is 3. The first-order chi connectivity index (χ1) is 19.0. The van der Waals surface area contributed by atoms with E-state index in [9.17, 15) is 18.0 Å². The number of unbranched alkanes of at least 4 members (excludes halogenated alkanes) is 1. The average molecular weight is 605 g/mol. The molecule has 0 aliphatic carbocycles. The molecule has 0 aromatic heterocycles. The molecule has 0 aliphatic rings. The summed E-state index contributed by atoms with van der Waals surface area (Å²) in [5.41, 5.74) is 2.49. The van der Waals surface area contributed by atoms with Gasteiger partial charge < -0.3 is 10.2 Å². The first-order valence-corrected chi connectivity index (χ1v) is 15.3. The molecule has 3 aromatic rings. The van der Waals surface area contributed by atoms with E-state index >= 15 is 0 Å². The van der Waals surface area contributed by atoms with Crippen molar-refractivity contribution in [2.24, 2.45) is 0 Å². The molecule has 2 amide bonds. The number of carbonyl (C=O) groups excluding carboxylic acids is 2. The molecule has 1 N–H and O–H groups in total. The topological polar surface area (TPSA) is 86.8 Å². The average Bonchev–Trinajstić information content (AvgIpc) is 2.92. The Bertz CT molecular complexity index is 1430. The van der Waals surface area contributed by atoms with E-state index in [0.29, 0.717) is 33.4 Å². The van der Waals surface area contributed by atoms with Crippen molar-refractivity contribution in [3.63, 3.8) is 0 Å². The Morgan fingerprint density at radius 2 is 1.60 bits per heavy atom. The lowest BCUT2D eigenvalue weighted by molar-refractivity contribution is -0.139. The van der Waals surface area contributed by atoms with E-state index in [4.69, 9.17) is 23.2 Å². The molecule has 0 bridgehead atoms. The molecule has 0 fully saturated rings. The molecular weight excluding hydrogens is 569 g/mol. The van der Waals surface area contributed by atoms with Gasteiger partial charge in [-0.05, 0) is 63.1 Å². The van der Waals surface area contributed by atoms with E-state index in [0.717, 1.165) is 22.7 Å². The number of hydrogen-bond donors (Lipinski definition) is 1. The number of nitrogens with zero attached hydrogens (tertiary/aromatic N) is 2. The normalized spacial score (nSPS) is 12.1. The van der Waals surface area contributed by atoms with Crippen LogP contribution in [0.15, 0.2) is 71.6 Å². The quantitative estimate of drug-likeness (QED) is 0.252. The van der Waals surface area contributed by atoms with Gasteiger partial charge in [0.25, 0.3) is 10.0 Å². The van der Waals surface area contributed by atoms with Crippen LogP contribution >= 0.6 is 23.2 Å². The van der Waals surface area contributed by atoms with Crippen molar-refractivity contribution in [3.8, 4) is 0 Å². The Morgan fingerprint density at radius 3 is 2.20 bits per heavy atom. The summed E-state index contributed by atoms with van der Waals surface area (Å²) in [6.07, 6.45) is 1.69. The number of rotatable bonds is 12. The van der Waals surface area contributed by atoms with Gasteiger partial charge in [-0.3, -0.25) is 13.9 Å². The van der Waals surface area contributed by atoms with Crippen molar-refractivity contribution in [1.82, 2.24) is 10.2 Å². The smallest absolute Gasteiger partial charge is 0.264 e. The zero-order valence-corrected chi connectivity index (χ0v) is 25.5. The summed E-state index contributed by atoms with van der Waals surface area (Å²) < 4.78 is 28.9. The van der Waals surface area contributed by atoms with Crippen molar-refractivity contribution in [2.45, 2.75) is 58.0 Å². The first kappa shape index (κ1) is 31.5. The largest absolute Gasteiger partial charge is 0.354 e. The third-order valence-corrected chi connectivity index (χ3v) is 9.10. The summed E-state index contributed by atoms with van der Waals surface area (Å²) in [4.78, 5) is 28.5. The Morgan fingerprint density at radius 1 is 0.950 bits per heavy atom. The van der Waals surface area contributed by atoms with Crippen LogP contribution in [-0.4, -0.2) is 44.3 Å². The van der Waals surface area contributed by atoms with Crippen LogP contribution in [0.3, 0.4) is 0 Å². The highest BCUT2D eigenvalue weighted by Crippen LogP contribution is 2.30. The molecule has 0 aliphatic heterocycles. The van der Waals surface area contributed by atoms with Gasteiger partial charge in [-0.2, -0.15) is 0 Å². The Labute approximate surface area is 247 Å². The zero-order chi connectivity index (χ0) is 29.4. The van der Waals surface area contributed by atoms with Crippen LogP contribution in [0.4, 0.5) is 5.69 Å². The van der Waals surface area contributed by atoms with Crippen molar-refractivity contribution in [2.75, 3.05) is 17.4 Å². The highest BCUT2D eigenvalue weighted by Gasteiger charge is 2.33. The zero-order valence-electron chi connectivity index (χ0n) is 23.2. The molecule has 0 heterocycles. The van der Waals surface area contributed by atoms with Crippen LogP contribution in [-0.2, 0) is 26.2 Å².